The molecule has 1 heterocycles. The van der Waals surface area contributed by atoms with Crippen LogP contribution < -0.4 is 10.2 Å². The highest BCUT2D eigenvalue weighted by Crippen LogP contribution is 2.47. The first-order chi connectivity index (χ1) is 10.4. The highest BCUT2D eigenvalue weighted by Gasteiger charge is 2.54. The molecule has 3 rings (SSSR count). The molecule has 1 aromatic rings. The van der Waals surface area contributed by atoms with Crippen molar-refractivity contribution in [3.8, 4) is 0 Å². The second kappa shape index (κ2) is 5.35. The summed E-state index contributed by atoms with van der Waals surface area (Å²) in [5, 5.41) is 2.73. The van der Waals surface area contributed by atoms with Gasteiger partial charge in [-0.25, -0.2) is 4.39 Å². The predicted molar refractivity (Wildman–Crippen MR) is 80.2 cm³/mol. The van der Waals surface area contributed by atoms with Crippen molar-refractivity contribution in [2.45, 2.75) is 44.8 Å². The standard InChI is InChI=1S/C16H19FN2O3/c1-10(2)22-9-14(20)19-13-5-4-11(17)8-12(13)18-15(21)16(19)6-3-7-16/h4-5,8,10H,3,6-7,9H2,1-2H3,(H,18,21). The zero-order valence-electron chi connectivity index (χ0n) is 12.7. The third-order valence-corrected chi connectivity index (χ3v) is 4.27. The molecule has 6 heteroatoms. The van der Waals surface area contributed by atoms with E-state index in [1.807, 2.05) is 13.8 Å². The van der Waals surface area contributed by atoms with E-state index in [-0.39, 0.29) is 24.5 Å². The van der Waals surface area contributed by atoms with Crippen LogP contribution in [0.25, 0.3) is 0 Å². The molecular formula is C16H19FN2O3. The van der Waals surface area contributed by atoms with E-state index in [2.05, 4.69) is 5.32 Å². The van der Waals surface area contributed by atoms with Gasteiger partial charge in [0, 0.05) is 0 Å². The third kappa shape index (κ3) is 2.27. The van der Waals surface area contributed by atoms with Gasteiger partial charge >= 0.3 is 0 Å². The average Bonchev–Trinajstić information content (AvgIpc) is 2.41. The van der Waals surface area contributed by atoms with Crippen LogP contribution in [-0.4, -0.2) is 30.1 Å². The molecule has 118 valence electrons. The molecule has 0 bridgehead atoms. The maximum absolute atomic E-state index is 13.4. The third-order valence-electron chi connectivity index (χ3n) is 4.27. The lowest BCUT2D eigenvalue weighted by Gasteiger charge is -2.51. The molecule has 1 fully saturated rings. The monoisotopic (exact) mass is 306 g/mol. The molecule has 1 N–H and O–H groups in total. The van der Waals surface area contributed by atoms with E-state index in [1.54, 1.807) is 0 Å². The van der Waals surface area contributed by atoms with E-state index in [1.165, 1.54) is 23.1 Å². The molecule has 0 radical (unpaired) electrons. The zero-order chi connectivity index (χ0) is 15.9. The Morgan fingerprint density at radius 2 is 2.18 bits per heavy atom. The summed E-state index contributed by atoms with van der Waals surface area (Å²) in [6.07, 6.45) is 2.04. The Labute approximate surface area is 128 Å². The number of nitrogens with one attached hydrogen (secondary N) is 1. The molecule has 0 unspecified atom stereocenters. The molecule has 0 atom stereocenters. The normalized spacial score (nSPS) is 18.9. The molecular weight excluding hydrogens is 287 g/mol. The van der Waals surface area contributed by atoms with E-state index in [4.69, 9.17) is 4.74 Å². The summed E-state index contributed by atoms with van der Waals surface area (Å²) < 4.78 is 18.8. The number of ether oxygens (including phenoxy) is 1. The van der Waals surface area contributed by atoms with Crippen molar-refractivity contribution in [2.75, 3.05) is 16.8 Å². The minimum absolute atomic E-state index is 0.0763. The molecule has 1 aromatic carbocycles. The number of benzene rings is 1. The molecule has 2 aliphatic rings. The lowest BCUT2D eigenvalue weighted by atomic mass is 9.73. The first kappa shape index (κ1) is 15.0. The minimum Gasteiger partial charge on any atom is -0.369 e. The van der Waals surface area contributed by atoms with Gasteiger partial charge in [0.15, 0.2) is 0 Å². The number of hydrogen-bond acceptors (Lipinski definition) is 3. The summed E-state index contributed by atoms with van der Waals surface area (Å²) in [5.41, 5.74) is 0.0286. The quantitative estimate of drug-likeness (QED) is 0.933. The van der Waals surface area contributed by atoms with Gasteiger partial charge in [-0.3, -0.25) is 14.5 Å². The van der Waals surface area contributed by atoms with Crippen LogP contribution in [0.5, 0.6) is 0 Å². The molecule has 1 spiro atoms. The van der Waals surface area contributed by atoms with Gasteiger partial charge in [-0.1, -0.05) is 0 Å². The lowest BCUT2D eigenvalue weighted by Crippen LogP contribution is -2.66. The topological polar surface area (TPSA) is 58.6 Å². The molecule has 1 aliphatic carbocycles. The van der Waals surface area contributed by atoms with Crippen molar-refractivity contribution in [3.63, 3.8) is 0 Å². The van der Waals surface area contributed by atoms with Crippen LogP contribution in [0.15, 0.2) is 18.2 Å². The van der Waals surface area contributed by atoms with Gasteiger partial charge in [0.05, 0.1) is 17.5 Å². The van der Waals surface area contributed by atoms with Crippen molar-refractivity contribution in [3.05, 3.63) is 24.0 Å². The van der Waals surface area contributed by atoms with Gasteiger partial charge < -0.3 is 10.1 Å². The van der Waals surface area contributed by atoms with Gasteiger partial charge in [-0.15, -0.1) is 0 Å². The van der Waals surface area contributed by atoms with Crippen LogP contribution in [0.1, 0.15) is 33.1 Å². The van der Waals surface area contributed by atoms with Gasteiger partial charge in [-0.05, 0) is 51.3 Å². The number of fused-ring (bicyclic) bond motifs is 1. The number of hydrogen-bond donors (Lipinski definition) is 1. The highest BCUT2D eigenvalue weighted by atomic mass is 19.1. The second-order valence-electron chi connectivity index (χ2n) is 6.09. The van der Waals surface area contributed by atoms with Crippen LogP contribution in [0.4, 0.5) is 15.8 Å². The number of amides is 2. The number of rotatable bonds is 3. The fourth-order valence-corrected chi connectivity index (χ4v) is 3.01. The van der Waals surface area contributed by atoms with E-state index < -0.39 is 11.4 Å². The maximum Gasteiger partial charge on any atom is 0.254 e. The Hall–Kier alpha value is -1.95. The first-order valence-corrected chi connectivity index (χ1v) is 7.50. The largest absolute Gasteiger partial charge is 0.369 e. The zero-order valence-corrected chi connectivity index (χ0v) is 12.7. The Bertz CT molecular complexity index is 626. The van der Waals surface area contributed by atoms with Crippen LogP contribution in [0.3, 0.4) is 0 Å². The summed E-state index contributed by atoms with van der Waals surface area (Å²) >= 11 is 0. The molecule has 2 amide bonds. The van der Waals surface area contributed by atoms with Crippen molar-refractivity contribution < 1.29 is 18.7 Å². The van der Waals surface area contributed by atoms with Crippen LogP contribution in [0.2, 0.25) is 0 Å². The highest BCUT2D eigenvalue weighted by molar-refractivity contribution is 6.15. The van der Waals surface area contributed by atoms with Gasteiger partial charge in [-0.2, -0.15) is 0 Å². The van der Waals surface area contributed by atoms with Crippen molar-refractivity contribution in [1.29, 1.82) is 0 Å². The number of carbonyl (C=O) groups is 2. The lowest BCUT2D eigenvalue weighted by molar-refractivity contribution is -0.133. The number of anilines is 2. The fraction of sp³-hybridized carbons (Fsp3) is 0.500. The molecule has 5 nitrogen and oxygen atoms in total. The molecule has 22 heavy (non-hydrogen) atoms. The molecule has 0 aromatic heterocycles. The second-order valence-corrected chi connectivity index (χ2v) is 6.09. The molecule has 1 saturated carbocycles. The Morgan fingerprint density at radius 1 is 1.45 bits per heavy atom. The fourth-order valence-electron chi connectivity index (χ4n) is 3.01. The minimum atomic E-state index is -0.845. The Kier molecular flexibility index (Phi) is 3.64. The smallest absolute Gasteiger partial charge is 0.254 e. The first-order valence-electron chi connectivity index (χ1n) is 7.50. The van der Waals surface area contributed by atoms with Crippen molar-refractivity contribution in [2.24, 2.45) is 0 Å². The van der Waals surface area contributed by atoms with E-state index in [0.29, 0.717) is 24.2 Å². The van der Waals surface area contributed by atoms with Crippen LogP contribution in [-0.2, 0) is 14.3 Å². The summed E-state index contributed by atoms with van der Waals surface area (Å²) in [7, 11) is 0. The summed E-state index contributed by atoms with van der Waals surface area (Å²) in [4.78, 5) is 26.6. The number of halogens is 1. The van der Waals surface area contributed by atoms with E-state index >= 15 is 0 Å². The van der Waals surface area contributed by atoms with Crippen molar-refractivity contribution >= 4 is 23.2 Å². The van der Waals surface area contributed by atoms with E-state index in [9.17, 15) is 14.0 Å². The van der Waals surface area contributed by atoms with Crippen LogP contribution >= 0.6 is 0 Å². The van der Waals surface area contributed by atoms with Crippen molar-refractivity contribution in [1.82, 2.24) is 0 Å². The Morgan fingerprint density at radius 3 is 2.77 bits per heavy atom. The van der Waals surface area contributed by atoms with Gasteiger partial charge in [0.25, 0.3) is 11.8 Å². The summed E-state index contributed by atoms with van der Waals surface area (Å²) in [6.45, 7) is 3.60. The average molecular weight is 306 g/mol. The van der Waals surface area contributed by atoms with Gasteiger partial charge in [0.1, 0.15) is 18.0 Å². The number of nitrogens with zero attached hydrogens (tertiary/aromatic N) is 1. The summed E-state index contributed by atoms with van der Waals surface area (Å²) in [5.74, 6) is -0.958. The maximum atomic E-state index is 13.4. The predicted octanol–water partition coefficient (Wildman–Crippen LogP) is 2.46. The van der Waals surface area contributed by atoms with Crippen LogP contribution in [0, 0.1) is 5.82 Å². The summed E-state index contributed by atoms with van der Waals surface area (Å²) in [6, 6.07) is 4.08. The van der Waals surface area contributed by atoms with E-state index in [0.717, 1.165) is 6.42 Å². The molecule has 0 saturated heterocycles. The Balaban J connectivity index is 1.99. The number of carbonyl (C=O) groups excluding carboxylic acids is 2. The molecule has 1 aliphatic heterocycles. The van der Waals surface area contributed by atoms with Gasteiger partial charge in [0.2, 0.25) is 0 Å². The SMILES string of the molecule is CC(C)OCC(=O)N1c2ccc(F)cc2NC(=O)C12CCC2.